The summed E-state index contributed by atoms with van der Waals surface area (Å²) < 4.78 is 5.11. The smallest absolute Gasteiger partial charge is 0.213 e. The summed E-state index contributed by atoms with van der Waals surface area (Å²) in [6, 6.07) is 0. The highest BCUT2D eigenvalue weighted by molar-refractivity contribution is 5.89. The first kappa shape index (κ1) is 9.78. The number of ether oxygens (including phenoxy) is 1. The van der Waals surface area contributed by atoms with Crippen LogP contribution < -0.4 is 0 Å². The average Bonchev–Trinajstić information content (AvgIpc) is 1.99. The summed E-state index contributed by atoms with van der Waals surface area (Å²) in [5, 5.41) is 0. The van der Waals surface area contributed by atoms with Crippen molar-refractivity contribution in [1.82, 2.24) is 0 Å². The summed E-state index contributed by atoms with van der Waals surface area (Å²) in [6.45, 7) is 6.06. The van der Waals surface area contributed by atoms with Gasteiger partial charge in [0.05, 0.1) is 7.11 Å². The summed E-state index contributed by atoms with van der Waals surface area (Å²) in [7, 11) is 1.63. The van der Waals surface area contributed by atoms with Crippen LogP contribution in [-0.2, 0) is 4.74 Å². The molecule has 1 rings (SSSR count). The van der Waals surface area contributed by atoms with Crippen LogP contribution in [0.3, 0.4) is 0 Å². The molecule has 0 spiro atoms. The zero-order valence-electron chi connectivity index (χ0n) is 8.59. The molecule has 2 heteroatoms. The van der Waals surface area contributed by atoms with Crippen LogP contribution in [-0.4, -0.2) is 13.0 Å². The maximum absolute atomic E-state index is 5.11. The van der Waals surface area contributed by atoms with Crippen LogP contribution in [0.2, 0.25) is 0 Å². The number of allylic oxidation sites excluding steroid dienone is 5. The third kappa shape index (κ3) is 2.90. The fourth-order valence-electron chi connectivity index (χ4n) is 1.31. The highest BCUT2D eigenvalue weighted by Gasteiger charge is 1.99. The second-order valence-electron chi connectivity index (χ2n) is 3.22. The van der Waals surface area contributed by atoms with Crippen molar-refractivity contribution in [3.8, 4) is 0 Å². The third-order valence-electron chi connectivity index (χ3n) is 1.74. The fourth-order valence-corrected chi connectivity index (χ4v) is 1.31. The first-order valence-corrected chi connectivity index (χ1v) is 4.29. The molecule has 1 heterocycles. The Hall–Kier alpha value is -1.31. The molecule has 2 nitrogen and oxygen atoms in total. The van der Waals surface area contributed by atoms with E-state index in [2.05, 4.69) is 18.0 Å². The number of rotatable bonds is 0. The standard InChI is InChI=1S/C11H15NO/c1-8-5-9(2)7-11(13-4)12-10(3)6-8/h5-7H,1-4H3. The predicted octanol–water partition coefficient (Wildman–Crippen LogP) is 2.84. The number of methoxy groups -OCH3 is 1. The predicted molar refractivity (Wildman–Crippen MR) is 55.7 cm³/mol. The molecule has 0 radical (unpaired) electrons. The van der Waals surface area contributed by atoms with Crippen LogP contribution in [0.5, 0.6) is 0 Å². The summed E-state index contributed by atoms with van der Waals surface area (Å²) in [5.41, 5.74) is 3.33. The van der Waals surface area contributed by atoms with Crippen molar-refractivity contribution < 1.29 is 4.74 Å². The molecule has 1 aliphatic rings. The SMILES string of the molecule is COC1=NC(C)=CC(C)=CC(C)=C1. The van der Waals surface area contributed by atoms with E-state index >= 15 is 0 Å². The van der Waals surface area contributed by atoms with Crippen LogP contribution >= 0.6 is 0 Å². The molecule has 0 atom stereocenters. The van der Waals surface area contributed by atoms with E-state index in [1.807, 2.05) is 26.0 Å². The van der Waals surface area contributed by atoms with Crippen molar-refractivity contribution in [3.63, 3.8) is 0 Å². The van der Waals surface area contributed by atoms with Gasteiger partial charge in [0, 0.05) is 11.8 Å². The van der Waals surface area contributed by atoms with Crippen molar-refractivity contribution in [3.05, 3.63) is 35.1 Å². The molecule has 0 amide bonds. The number of hydrogen-bond acceptors (Lipinski definition) is 2. The van der Waals surface area contributed by atoms with Gasteiger partial charge in [0.1, 0.15) is 0 Å². The molecule has 1 aliphatic heterocycles. The van der Waals surface area contributed by atoms with E-state index in [1.165, 1.54) is 5.57 Å². The van der Waals surface area contributed by atoms with E-state index < -0.39 is 0 Å². The fraction of sp³-hybridized carbons (Fsp3) is 0.364. The topological polar surface area (TPSA) is 21.6 Å². The zero-order valence-corrected chi connectivity index (χ0v) is 8.59. The molecule has 0 aromatic rings. The van der Waals surface area contributed by atoms with Gasteiger partial charge in [-0.1, -0.05) is 6.08 Å². The Morgan fingerprint density at radius 2 is 1.62 bits per heavy atom. The second-order valence-corrected chi connectivity index (χ2v) is 3.22. The van der Waals surface area contributed by atoms with Gasteiger partial charge in [-0.2, -0.15) is 0 Å². The van der Waals surface area contributed by atoms with E-state index in [4.69, 9.17) is 4.74 Å². The number of hydrogen-bond donors (Lipinski definition) is 0. The monoisotopic (exact) mass is 177 g/mol. The van der Waals surface area contributed by atoms with Crippen LogP contribution in [0.25, 0.3) is 0 Å². The molecular weight excluding hydrogens is 162 g/mol. The molecule has 0 aromatic heterocycles. The molecule has 0 aromatic carbocycles. The normalized spacial score (nSPS) is 17.5. The maximum atomic E-state index is 5.11. The molecule has 13 heavy (non-hydrogen) atoms. The Balaban J connectivity index is 3.07. The van der Waals surface area contributed by atoms with Crippen LogP contribution in [0.4, 0.5) is 0 Å². The minimum absolute atomic E-state index is 0.662. The number of aliphatic imine (C=N–C) groups is 1. The lowest BCUT2D eigenvalue weighted by atomic mass is 10.1. The lowest BCUT2D eigenvalue weighted by Crippen LogP contribution is -1.99. The Kier molecular flexibility index (Phi) is 3.07. The van der Waals surface area contributed by atoms with Gasteiger partial charge < -0.3 is 4.74 Å². The zero-order chi connectivity index (χ0) is 9.84. The maximum Gasteiger partial charge on any atom is 0.213 e. The van der Waals surface area contributed by atoms with E-state index in [-0.39, 0.29) is 0 Å². The first-order chi connectivity index (χ1) is 6.11. The molecule has 0 bridgehead atoms. The molecule has 0 saturated carbocycles. The van der Waals surface area contributed by atoms with Gasteiger partial charge >= 0.3 is 0 Å². The highest BCUT2D eigenvalue weighted by Crippen LogP contribution is 2.11. The van der Waals surface area contributed by atoms with E-state index in [0.29, 0.717) is 5.90 Å². The minimum Gasteiger partial charge on any atom is -0.481 e. The first-order valence-electron chi connectivity index (χ1n) is 4.29. The Labute approximate surface area is 79.3 Å². The van der Waals surface area contributed by atoms with Crippen LogP contribution in [0, 0.1) is 0 Å². The Bertz CT molecular complexity index is 319. The summed E-state index contributed by atoms with van der Waals surface area (Å²) in [5.74, 6) is 0.662. The third-order valence-corrected chi connectivity index (χ3v) is 1.74. The lowest BCUT2D eigenvalue weighted by Gasteiger charge is -2.05. The largest absolute Gasteiger partial charge is 0.481 e. The van der Waals surface area contributed by atoms with E-state index in [0.717, 1.165) is 11.3 Å². The second kappa shape index (κ2) is 4.08. The van der Waals surface area contributed by atoms with Gasteiger partial charge in [0.15, 0.2) is 0 Å². The van der Waals surface area contributed by atoms with Crippen LogP contribution in [0.1, 0.15) is 20.8 Å². The van der Waals surface area contributed by atoms with Crippen LogP contribution in [0.15, 0.2) is 40.1 Å². The van der Waals surface area contributed by atoms with Gasteiger partial charge in [-0.15, -0.1) is 0 Å². The summed E-state index contributed by atoms with van der Waals surface area (Å²) in [6.07, 6.45) is 6.08. The molecule has 0 fully saturated rings. The molecule has 0 N–H and O–H groups in total. The van der Waals surface area contributed by atoms with Crippen molar-refractivity contribution >= 4 is 5.90 Å². The Morgan fingerprint density at radius 1 is 1.00 bits per heavy atom. The molecular formula is C11H15NO. The van der Waals surface area contributed by atoms with Gasteiger partial charge in [0.25, 0.3) is 0 Å². The highest BCUT2D eigenvalue weighted by atomic mass is 16.5. The molecule has 70 valence electrons. The minimum atomic E-state index is 0.662. The summed E-state index contributed by atoms with van der Waals surface area (Å²) in [4.78, 5) is 4.29. The van der Waals surface area contributed by atoms with Gasteiger partial charge in [-0.25, -0.2) is 4.99 Å². The van der Waals surface area contributed by atoms with Gasteiger partial charge in [-0.05, 0) is 38.0 Å². The summed E-state index contributed by atoms with van der Waals surface area (Å²) >= 11 is 0. The molecule has 0 unspecified atom stereocenters. The van der Waals surface area contributed by atoms with Crippen molar-refractivity contribution in [2.75, 3.05) is 7.11 Å². The molecule has 0 saturated heterocycles. The van der Waals surface area contributed by atoms with E-state index in [9.17, 15) is 0 Å². The quantitative estimate of drug-likeness (QED) is 0.557. The average molecular weight is 177 g/mol. The number of nitrogens with zero attached hydrogens (tertiary/aromatic N) is 1. The van der Waals surface area contributed by atoms with Crippen molar-refractivity contribution in [2.45, 2.75) is 20.8 Å². The van der Waals surface area contributed by atoms with Gasteiger partial charge in [-0.3, -0.25) is 0 Å². The van der Waals surface area contributed by atoms with Gasteiger partial charge in [0.2, 0.25) is 5.90 Å². The van der Waals surface area contributed by atoms with Crippen molar-refractivity contribution in [1.29, 1.82) is 0 Å². The van der Waals surface area contributed by atoms with Crippen molar-refractivity contribution in [2.24, 2.45) is 4.99 Å². The lowest BCUT2D eigenvalue weighted by molar-refractivity contribution is 0.406. The Morgan fingerprint density at radius 3 is 2.23 bits per heavy atom. The van der Waals surface area contributed by atoms with E-state index in [1.54, 1.807) is 7.11 Å². The molecule has 0 aliphatic carbocycles.